The average molecular weight is 400 g/mol. The van der Waals surface area contributed by atoms with Gasteiger partial charge < -0.3 is 20.7 Å². The van der Waals surface area contributed by atoms with Gasteiger partial charge in [0, 0.05) is 0 Å². The molecule has 4 heteroatoms. The zero-order chi connectivity index (χ0) is 21.3. The first-order valence-electron chi connectivity index (χ1n) is 11.5. The maximum Gasteiger partial charge on any atom is 0.144 e. The molecule has 0 rings (SSSR count). The van der Waals surface area contributed by atoms with Gasteiger partial charge in [-0.2, -0.15) is 0 Å². The lowest BCUT2D eigenvalue weighted by atomic mass is 10.1. The molecule has 4 nitrogen and oxygen atoms in total. The molecule has 0 saturated heterocycles. The van der Waals surface area contributed by atoms with E-state index in [9.17, 15) is 0 Å². The van der Waals surface area contributed by atoms with E-state index in [0.717, 1.165) is 6.54 Å². The molecule has 4 N–H and O–H groups in total. The minimum absolute atomic E-state index is 0.177. The normalized spacial score (nSPS) is 10.9. The van der Waals surface area contributed by atoms with Crippen LogP contribution < -0.4 is 5.73 Å². The highest BCUT2D eigenvalue weighted by molar-refractivity contribution is 4.81. The van der Waals surface area contributed by atoms with Crippen molar-refractivity contribution in [2.45, 2.75) is 110 Å². The summed E-state index contributed by atoms with van der Waals surface area (Å²) in [7, 11) is 0. The lowest BCUT2D eigenvalue weighted by molar-refractivity contribution is 0.0188. The van der Waals surface area contributed by atoms with Crippen LogP contribution in [0.4, 0.5) is 0 Å². The first-order chi connectivity index (χ1) is 13.6. The molecule has 0 aromatic heterocycles. The highest BCUT2D eigenvalue weighted by atomic mass is 16.5. The van der Waals surface area contributed by atoms with E-state index >= 15 is 0 Å². The number of hydrogen-bond acceptors (Lipinski definition) is 4. The molecule has 0 amide bonds. The lowest BCUT2D eigenvalue weighted by Gasteiger charge is -2.12. The molecule has 0 aliphatic heterocycles. The lowest BCUT2D eigenvalue weighted by Crippen LogP contribution is -2.20. The van der Waals surface area contributed by atoms with Crippen LogP contribution in [0.2, 0.25) is 0 Å². The molecule has 0 saturated carbocycles. The third-order valence-electron chi connectivity index (χ3n) is 4.49. The van der Waals surface area contributed by atoms with Gasteiger partial charge >= 0.3 is 0 Å². The summed E-state index contributed by atoms with van der Waals surface area (Å²) in [5.41, 5.74) is 5.47. The number of hydrogen-bond donors (Lipinski definition) is 3. The molecule has 0 fully saturated rings. The second-order valence-electron chi connectivity index (χ2n) is 7.53. The van der Waals surface area contributed by atoms with E-state index in [4.69, 9.17) is 20.7 Å². The molecule has 0 aromatic carbocycles. The molecule has 0 bridgehead atoms. The van der Waals surface area contributed by atoms with Crippen LogP contribution in [0.15, 0.2) is 24.5 Å². The van der Waals surface area contributed by atoms with E-state index in [2.05, 4.69) is 25.7 Å². The van der Waals surface area contributed by atoms with Crippen LogP contribution in [-0.2, 0) is 4.74 Å². The van der Waals surface area contributed by atoms with Gasteiger partial charge in [-0.15, -0.1) is 0 Å². The Hall–Kier alpha value is -0.840. The quantitative estimate of drug-likeness (QED) is 0.144. The largest absolute Gasteiger partial charge is 0.491 e. The molecule has 28 heavy (non-hydrogen) atoms. The fourth-order valence-electron chi connectivity index (χ4n) is 2.81. The summed E-state index contributed by atoms with van der Waals surface area (Å²) < 4.78 is 4.85. The first-order valence-corrected chi connectivity index (χ1v) is 11.5. The number of allylic oxidation sites excluding steroid dienone is 3. The molecule has 0 radical (unpaired) electrons. The molecule has 0 atom stereocenters. The van der Waals surface area contributed by atoms with Crippen molar-refractivity contribution in [3.63, 3.8) is 0 Å². The molecule has 0 aliphatic carbocycles. The molecule has 0 unspecified atom stereocenters. The third-order valence-corrected chi connectivity index (χ3v) is 4.49. The zero-order valence-corrected chi connectivity index (χ0v) is 18.8. The van der Waals surface area contributed by atoms with E-state index in [1.807, 2.05) is 0 Å². The minimum Gasteiger partial charge on any atom is -0.491 e. The van der Waals surface area contributed by atoms with Gasteiger partial charge in [0.1, 0.15) is 6.10 Å². The second kappa shape index (κ2) is 26.2. The van der Waals surface area contributed by atoms with Crippen LogP contribution in [0.25, 0.3) is 0 Å². The van der Waals surface area contributed by atoms with Crippen molar-refractivity contribution < 1.29 is 14.9 Å². The SMILES string of the molecule is C=C(C)OC(CO)CO.CCCCCCCC/C=C/CCCCCCCCN. The fraction of sp³-hybridized carbons (Fsp3) is 0.833. The molecule has 0 aliphatic rings. The van der Waals surface area contributed by atoms with Crippen LogP contribution in [0.5, 0.6) is 0 Å². The number of aliphatic hydroxyl groups excluding tert-OH is 2. The van der Waals surface area contributed by atoms with Gasteiger partial charge in [-0.05, 0) is 45.6 Å². The van der Waals surface area contributed by atoms with Crippen molar-refractivity contribution in [3.05, 3.63) is 24.5 Å². The van der Waals surface area contributed by atoms with Gasteiger partial charge in [0.15, 0.2) is 0 Å². The van der Waals surface area contributed by atoms with E-state index in [1.165, 1.54) is 89.9 Å². The summed E-state index contributed by atoms with van der Waals surface area (Å²) in [6, 6.07) is 0. The van der Waals surface area contributed by atoms with Gasteiger partial charge in [-0.1, -0.05) is 83.4 Å². The summed E-state index contributed by atoms with van der Waals surface area (Å²) in [6.45, 7) is 7.90. The Bertz CT molecular complexity index is 328. The topological polar surface area (TPSA) is 75.7 Å². The maximum absolute atomic E-state index is 8.45. The van der Waals surface area contributed by atoms with Crippen molar-refractivity contribution in [1.82, 2.24) is 0 Å². The van der Waals surface area contributed by atoms with Crippen molar-refractivity contribution in [1.29, 1.82) is 0 Å². The predicted octanol–water partition coefficient (Wildman–Crippen LogP) is 5.87. The highest BCUT2D eigenvalue weighted by Crippen LogP contribution is 2.09. The smallest absolute Gasteiger partial charge is 0.144 e. The Morgan fingerprint density at radius 1 is 0.821 bits per heavy atom. The van der Waals surface area contributed by atoms with Gasteiger partial charge in [0.05, 0.1) is 19.0 Å². The van der Waals surface area contributed by atoms with Crippen LogP contribution in [0.1, 0.15) is 104 Å². The van der Waals surface area contributed by atoms with Gasteiger partial charge in [0.25, 0.3) is 0 Å². The van der Waals surface area contributed by atoms with Crippen LogP contribution in [0.3, 0.4) is 0 Å². The minimum atomic E-state index is -0.512. The van der Waals surface area contributed by atoms with Crippen LogP contribution in [0, 0.1) is 0 Å². The molecule has 0 spiro atoms. The van der Waals surface area contributed by atoms with E-state index < -0.39 is 6.10 Å². The third kappa shape index (κ3) is 27.4. The van der Waals surface area contributed by atoms with Gasteiger partial charge in [0.2, 0.25) is 0 Å². The Kier molecular flexibility index (Phi) is 27.4. The highest BCUT2D eigenvalue weighted by Gasteiger charge is 2.04. The summed E-state index contributed by atoms with van der Waals surface area (Å²) in [5.74, 6) is 0.503. The summed E-state index contributed by atoms with van der Waals surface area (Å²) in [6.07, 6.45) is 23.4. The number of rotatable bonds is 19. The zero-order valence-electron chi connectivity index (χ0n) is 18.8. The van der Waals surface area contributed by atoms with Gasteiger partial charge in [-0.3, -0.25) is 0 Å². The molecule has 168 valence electrons. The van der Waals surface area contributed by atoms with E-state index in [-0.39, 0.29) is 13.2 Å². The summed E-state index contributed by atoms with van der Waals surface area (Å²) in [4.78, 5) is 0. The van der Waals surface area contributed by atoms with E-state index in [1.54, 1.807) is 6.92 Å². The summed E-state index contributed by atoms with van der Waals surface area (Å²) >= 11 is 0. The van der Waals surface area contributed by atoms with E-state index in [0.29, 0.717) is 5.76 Å². The number of aliphatic hydroxyl groups is 2. The number of ether oxygens (including phenoxy) is 1. The Balaban J connectivity index is 0. The maximum atomic E-state index is 8.45. The number of unbranched alkanes of at least 4 members (excludes halogenated alkanes) is 12. The van der Waals surface area contributed by atoms with Crippen LogP contribution in [-0.4, -0.2) is 36.1 Å². The molecule has 0 aromatic rings. The van der Waals surface area contributed by atoms with Crippen molar-refractivity contribution in [3.8, 4) is 0 Å². The van der Waals surface area contributed by atoms with Crippen LogP contribution >= 0.6 is 0 Å². The standard InChI is InChI=1S/C18H37N.C6H12O3/c1-2-3-4-5-6-7-8-9-10-11-12-13-14-15-16-17-18-19;1-5(2)9-6(3-7)4-8/h9-10H,2-8,11-19H2,1H3;6-8H,1,3-4H2,2H3/b10-9+;. The molecule has 0 heterocycles. The Morgan fingerprint density at radius 3 is 1.61 bits per heavy atom. The molecular weight excluding hydrogens is 350 g/mol. The average Bonchev–Trinajstić information content (AvgIpc) is 2.69. The van der Waals surface area contributed by atoms with Gasteiger partial charge in [-0.25, -0.2) is 0 Å². The fourth-order valence-corrected chi connectivity index (χ4v) is 2.81. The predicted molar refractivity (Wildman–Crippen MR) is 122 cm³/mol. The monoisotopic (exact) mass is 399 g/mol. The van der Waals surface area contributed by atoms with Crippen molar-refractivity contribution in [2.75, 3.05) is 19.8 Å². The first kappa shape index (κ1) is 29.4. The number of nitrogens with two attached hydrogens (primary N) is 1. The Morgan fingerprint density at radius 2 is 1.25 bits per heavy atom. The molecular formula is C24H49NO3. The Labute approximate surface area is 175 Å². The van der Waals surface area contributed by atoms with Crippen molar-refractivity contribution in [2.24, 2.45) is 5.73 Å². The van der Waals surface area contributed by atoms with Crippen molar-refractivity contribution >= 4 is 0 Å². The second-order valence-corrected chi connectivity index (χ2v) is 7.53. The summed E-state index contributed by atoms with van der Waals surface area (Å²) in [5, 5.41) is 16.9.